The second-order valence-corrected chi connectivity index (χ2v) is 4.69. The average Bonchev–Trinajstić information content (AvgIpc) is 2.22. The van der Waals surface area contributed by atoms with E-state index in [-0.39, 0.29) is 23.9 Å². The smallest absolute Gasteiger partial charge is 0.309 e. The van der Waals surface area contributed by atoms with E-state index in [1.165, 1.54) is 0 Å². The molecule has 0 spiro atoms. The number of carbonyl (C=O) groups is 2. The molecule has 5 heteroatoms. The Morgan fingerprint density at radius 3 is 2.29 bits per heavy atom. The summed E-state index contributed by atoms with van der Waals surface area (Å²) < 4.78 is 0. The van der Waals surface area contributed by atoms with Gasteiger partial charge < -0.3 is 10.4 Å². The lowest BCUT2D eigenvalue weighted by Crippen LogP contribution is -2.58. The minimum absolute atomic E-state index is 0.00235. The molecule has 0 bridgehead atoms. The van der Waals surface area contributed by atoms with E-state index >= 15 is 0 Å². The first-order valence-corrected chi connectivity index (χ1v) is 6.26. The molecular weight excluding hydrogens is 220 g/mol. The number of carbonyl (C=O) groups excluding carboxylic acids is 1. The third kappa shape index (κ3) is 3.43. The van der Waals surface area contributed by atoms with Gasteiger partial charge in [0.05, 0.1) is 12.0 Å². The first-order chi connectivity index (χ1) is 7.99. The summed E-state index contributed by atoms with van der Waals surface area (Å²) in [5.74, 6) is -1.07. The summed E-state index contributed by atoms with van der Waals surface area (Å²) in [7, 11) is 0. The molecule has 1 amide bonds. The Labute approximate surface area is 102 Å². The van der Waals surface area contributed by atoms with Crippen molar-refractivity contribution in [2.24, 2.45) is 5.92 Å². The van der Waals surface area contributed by atoms with E-state index in [9.17, 15) is 9.59 Å². The van der Waals surface area contributed by atoms with Gasteiger partial charge in [-0.2, -0.15) is 0 Å². The summed E-state index contributed by atoms with van der Waals surface area (Å²) in [5.41, 5.74) is 0. The fourth-order valence-electron chi connectivity index (χ4n) is 1.97. The van der Waals surface area contributed by atoms with Gasteiger partial charge in [-0.1, -0.05) is 13.8 Å². The van der Waals surface area contributed by atoms with Gasteiger partial charge in [0.25, 0.3) is 0 Å². The molecule has 0 aliphatic carbocycles. The number of carboxylic acids is 1. The second-order valence-electron chi connectivity index (χ2n) is 4.69. The lowest BCUT2D eigenvalue weighted by molar-refractivity contribution is -0.150. The van der Waals surface area contributed by atoms with E-state index < -0.39 is 5.97 Å². The molecule has 0 aromatic carbocycles. The number of nitrogens with one attached hydrogen (secondary N) is 1. The van der Waals surface area contributed by atoms with Gasteiger partial charge in [0.1, 0.15) is 0 Å². The predicted molar refractivity (Wildman–Crippen MR) is 64.7 cm³/mol. The van der Waals surface area contributed by atoms with Crippen LogP contribution in [0.15, 0.2) is 0 Å². The fraction of sp³-hybridized carbons (Fsp3) is 0.833. The van der Waals surface area contributed by atoms with Gasteiger partial charge in [-0.05, 0) is 19.8 Å². The van der Waals surface area contributed by atoms with Crippen LogP contribution in [-0.2, 0) is 9.59 Å². The number of likely N-dealkylation sites (tertiary alicyclic amines) is 1. The van der Waals surface area contributed by atoms with Crippen LogP contribution in [0.3, 0.4) is 0 Å². The molecular formula is C12H22N2O3. The van der Waals surface area contributed by atoms with Gasteiger partial charge in [0.15, 0.2) is 0 Å². The van der Waals surface area contributed by atoms with E-state index in [0.717, 1.165) is 12.8 Å². The summed E-state index contributed by atoms with van der Waals surface area (Å²) in [6.07, 6.45) is 1.85. The van der Waals surface area contributed by atoms with Crippen LogP contribution in [0.25, 0.3) is 0 Å². The third-order valence-corrected chi connectivity index (χ3v) is 3.52. The number of hydrogen-bond acceptors (Lipinski definition) is 3. The molecule has 0 aromatic heterocycles. The van der Waals surface area contributed by atoms with Gasteiger partial charge >= 0.3 is 5.97 Å². The predicted octanol–water partition coefficient (Wildman–Crippen LogP) is 0.696. The maximum Gasteiger partial charge on any atom is 0.309 e. The molecule has 1 heterocycles. The van der Waals surface area contributed by atoms with E-state index in [2.05, 4.69) is 5.32 Å². The molecule has 98 valence electrons. The van der Waals surface area contributed by atoms with Crippen LogP contribution in [0.4, 0.5) is 0 Å². The normalized spacial score (nSPS) is 18.8. The van der Waals surface area contributed by atoms with Crippen molar-refractivity contribution in [1.29, 1.82) is 0 Å². The summed E-state index contributed by atoms with van der Waals surface area (Å²) in [4.78, 5) is 24.4. The molecule has 17 heavy (non-hydrogen) atoms. The van der Waals surface area contributed by atoms with Crippen molar-refractivity contribution in [2.75, 3.05) is 13.1 Å². The zero-order chi connectivity index (χ0) is 13.0. The maximum atomic E-state index is 11.9. The minimum Gasteiger partial charge on any atom is -0.481 e. The fourth-order valence-corrected chi connectivity index (χ4v) is 1.97. The molecule has 1 saturated heterocycles. The van der Waals surface area contributed by atoms with Gasteiger partial charge in [-0.15, -0.1) is 0 Å². The largest absolute Gasteiger partial charge is 0.481 e. The Kier molecular flexibility index (Phi) is 4.93. The Balaban J connectivity index is 2.36. The molecule has 1 aliphatic rings. The zero-order valence-corrected chi connectivity index (χ0v) is 10.8. The van der Waals surface area contributed by atoms with Crippen molar-refractivity contribution in [3.8, 4) is 0 Å². The van der Waals surface area contributed by atoms with Gasteiger partial charge in [0, 0.05) is 19.1 Å². The number of aliphatic carboxylic acids is 1. The van der Waals surface area contributed by atoms with Crippen molar-refractivity contribution < 1.29 is 14.7 Å². The Bertz CT molecular complexity index is 283. The number of carboxylic acid groups (broad SMARTS) is 1. The van der Waals surface area contributed by atoms with Gasteiger partial charge in [-0.3, -0.25) is 14.5 Å². The van der Waals surface area contributed by atoms with Crippen molar-refractivity contribution >= 4 is 11.9 Å². The SMILES string of the molecule is CCC(CC)NC(=O)C(C)N1CC(C(=O)O)C1. The van der Waals surface area contributed by atoms with E-state index in [0.29, 0.717) is 13.1 Å². The highest BCUT2D eigenvalue weighted by atomic mass is 16.4. The van der Waals surface area contributed by atoms with Crippen LogP contribution in [-0.4, -0.2) is 47.1 Å². The highest BCUT2D eigenvalue weighted by molar-refractivity contribution is 5.82. The molecule has 1 unspecified atom stereocenters. The van der Waals surface area contributed by atoms with Crippen molar-refractivity contribution in [2.45, 2.75) is 45.7 Å². The minimum atomic E-state index is -0.770. The number of nitrogens with zero attached hydrogens (tertiary/aromatic N) is 1. The number of hydrogen-bond donors (Lipinski definition) is 2. The molecule has 1 atom stereocenters. The first-order valence-electron chi connectivity index (χ1n) is 6.26. The quantitative estimate of drug-likeness (QED) is 0.719. The highest BCUT2D eigenvalue weighted by Gasteiger charge is 2.37. The molecule has 0 radical (unpaired) electrons. The lowest BCUT2D eigenvalue weighted by atomic mass is 9.98. The molecule has 0 saturated carbocycles. The monoisotopic (exact) mass is 242 g/mol. The molecule has 2 N–H and O–H groups in total. The van der Waals surface area contributed by atoms with Crippen molar-refractivity contribution in [1.82, 2.24) is 10.2 Å². The topological polar surface area (TPSA) is 69.6 Å². The van der Waals surface area contributed by atoms with Crippen molar-refractivity contribution in [3.05, 3.63) is 0 Å². The van der Waals surface area contributed by atoms with Crippen molar-refractivity contribution in [3.63, 3.8) is 0 Å². The standard InChI is InChI=1S/C12H22N2O3/c1-4-10(5-2)13-11(15)8(3)14-6-9(7-14)12(16)17/h8-10H,4-7H2,1-3H3,(H,13,15)(H,16,17). The lowest BCUT2D eigenvalue weighted by Gasteiger charge is -2.40. The second kappa shape index (κ2) is 6.00. The summed E-state index contributed by atoms with van der Waals surface area (Å²) in [6.45, 7) is 6.88. The molecule has 1 fully saturated rings. The Hall–Kier alpha value is -1.10. The van der Waals surface area contributed by atoms with Crippen LogP contribution in [0, 0.1) is 5.92 Å². The van der Waals surface area contributed by atoms with Crippen LogP contribution in [0.5, 0.6) is 0 Å². The van der Waals surface area contributed by atoms with Gasteiger partial charge in [-0.25, -0.2) is 0 Å². The zero-order valence-electron chi connectivity index (χ0n) is 10.8. The van der Waals surface area contributed by atoms with E-state index in [1.807, 2.05) is 25.7 Å². The molecule has 5 nitrogen and oxygen atoms in total. The van der Waals surface area contributed by atoms with Crippen LogP contribution < -0.4 is 5.32 Å². The van der Waals surface area contributed by atoms with E-state index in [4.69, 9.17) is 5.11 Å². The summed E-state index contributed by atoms with van der Waals surface area (Å²) in [6, 6.07) is -0.00676. The van der Waals surface area contributed by atoms with Gasteiger partial charge in [0.2, 0.25) is 5.91 Å². The summed E-state index contributed by atoms with van der Waals surface area (Å²) >= 11 is 0. The number of amides is 1. The maximum absolute atomic E-state index is 11.9. The van der Waals surface area contributed by atoms with Crippen LogP contribution in [0.1, 0.15) is 33.6 Å². The average molecular weight is 242 g/mol. The Morgan fingerprint density at radius 2 is 1.88 bits per heavy atom. The van der Waals surface area contributed by atoms with Crippen LogP contribution >= 0.6 is 0 Å². The number of rotatable bonds is 6. The van der Waals surface area contributed by atoms with Crippen LogP contribution in [0.2, 0.25) is 0 Å². The third-order valence-electron chi connectivity index (χ3n) is 3.52. The molecule has 0 aromatic rings. The summed E-state index contributed by atoms with van der Waals surface area (Å²) in [5, 5.41) is 11.7. The highest BCUT2D eigenvalue weighted by Crippen LogP contribution is 2.18. The Morgan fingerprint density at radius 1 is 1.35 bits per heavy atom. The molecule has 1 aliphatic heterocycles. The van der Waals surface area contributed by atoms with E-state index in [1.54, 1.807) is 0 Å². The first kappa shape index (κ1) is 14.0. The molecule has 1 rings (SSSR count).